The van der Waals surface area contributed by atoms with E-state index < -0.39 is 0 Å². The number of ether oxygens (including phenoxy) is 2. The quantitative estimate of drug-likeness (QED) is 0.574. The van der Waals surface area contributed by atoms with Crippen LogP contribution in [0.3, 0.4) is 0 Å². The Labute approximate surface area is 68.1 Å². The van der Waals surface area contributed by atoms with E-state index in [0.717, 1.165) is 0 Å². The average Bonchev–Trinajstić information content (AvgIpc) is 1.90. The highest BCUT2D eigenvalue weighted by Gasteiger charge is 2.04. The zero-order valence-corrected chi connectivity index (χ0v) is 7.38. The zero-order chi connectivity index (χ0) is 7.82. The van der Waals surface area contributed by atoms with Crippen LogP contribution in [-0.2, 0) is 9.47 Å². The molecule has 0 aromatic rings. The van der Waals surface area contributed by atoms with E-state index in [1.165, 1.54) is 0 Å². The minimum Gasteiger partial charge on any atom is -0.396 e. The van der Waals surface area contributed by atoms with Crippen LogP contribution in [0.5, 0.6) is 0 Å². The Balaban J connectivity index is 0. The van der Waals surface area contributed by atoms with E-state index in [1.807, 2.05) is 13.8 Å². The molecule has 0 aromatic heterocycles. The number of hydrogen-bond acceptors (Lipinski definition) is 4. The van der Waals surface area contributed by atoms with Crippen LogP contribution in [0.15, 0.2) is 0 Å². The maximum atomic E-state index is 8.53. The summed E-state index contributed by atoms with van der Waals surface area (Å²) in [5, 5.41) is 8.53. The third-order valence-electron chi connectivity index (χ3n) is 1.07. The molecule has 0 saturated carbocycles. The fourth-order valence-corrected chi connectivity index (χ4v) is 0.692. The van der Waals surface area contributed by atoms with Gasteiger partial charge in [-0.15, -0.1) is 0 Å². The van der Waals surface area contributed by atoms with Gasteiger partial charge in [0.15, 0.2) is 6.29 Å². The summed E-state index contributed by atoms with van der Waals surface area (Å²) in [5.74, 6) is 0. The standard InChI is InChI=1S/C7H16O3.H3N/c1-3-9-7(5-6-8)10-4-2;/h7-8H,3-6H2,1-2H3;1H3. The van der Waals surface area contributed by atoms with Crippen molar-refractivity contribution < 1.29 is 14.6 Å². The molecule has 4 N–H and O–H groups in total. The summed E-state index contributed by atoms with van der Waals surface area (Å²) in [6, 6.07) is 0. The Bertz CT molecular complexity index is 56.4. The minimum atomic E-state index is -0.222. The molecule has 0 aromatic carbocycles. The maximum absolute atomic E-state index is 8.53. The van der Waals surface area contributed by atoms with Gasteiger partial charge in [0, 0.05) is 26.2 Å². The lowest BCUT2D eigenvalue weighted by Gasteiger charge is -2.14. The Morgan fingerprint density at radius 1 is 1.18 bits per heavy atom. The lowest BCUT2D eigenvalue weighted by Crippen LogP contribution is -2.18. The lowest BCUT2D eigenvalue weighted by atomic mass is 10.4. The number of aliphatic hydroxyl groups excluding tert-OH is 1. The van der Waals surface area contributed by atoms with Crippen LogP contribution in [0.2, 0.25) is 0 Å². The van der Waals surface area contributed by atoms with E-state index >= 15 is 0 Å². The molecule has 0 bridgehead atoms. The van der Waals surface area contributed by atoms with E-state index in [4.69, 9.17) is 14.6 Å². The SMILES string of the molecule is CCOC(CCO)OCC.N. The molecule has 0 rings (SSSR count). The Hall–Kier alpha value is -0.160. The Kier molecular flexibility index (Phi) is 12.0. The highest BCUT2D eigenvalue weighted by atomic mass is 16.7. The maximum Gasteiger partial charge on any atom is 0.159 e. The fourth-order valence-electron chi connectivity index (χ4n) is 0.692. The van der Waals surface area contributed by atoms with E-state index in [9.17, 15) is 0 Å². The fraction of sp³-hybridized carbons (Fsp3) is 1.00. The summed E-state index contributed by atoms with van der Waals surface area (Å²) < 4.78 is 10.3. The molecule has 0 aliphatic carbocycles. The summed E-state index contributed by atoms with van der Waals surface area (Å²) >= 11 is 0. The normalized spacial score (nSPS) is 9.82. The van der Waals surface area contributed by atoms with Gasteiger partial charge in [0.05, 0.1) is 0 Å². The van der Waals surface area contributed by atoms with E-state index in [-0.39, 0.29) is 19.0 Å². The van der Waals surface area contributed by atoms with Crippen LogP contribution in [-0.4, -0.2) is 31.2 Å². The van der Waals surface area contributed by atoms with Gasteiger partial charge >= 0.3 is 0 Å². The smallest absolute Gasteiger partial charge is 0.159 e. The Morgan fingerprint density at radius 2 is 1.64 bits per heavy atom. The summed E-state index contributed by atoms with van der Waals surface area (Å²) in [4.78, 5) is 0. The molecule has 0 unspecified atom stereocenters. The van der Waals surface area contributed by atoms with Crippen molar-refractivity contribution in [2.75, 3.05) is 19.8 Å². The van der Waals surface area contributed by atoms with Gasteiger partial charge in [-0.3, -0.25) is 0 Å². The van der Waals surface area contributed by atoms with Crippen LogP contribution in [0.4, 0.5) is 0 Å². The first kappa shape index (κ1) is 13.4. The average molecular weight is 165 g/mol. The number of aliphatic hydroxyl groups is 1. The summed E-state index contributed by atoms with van der Waals surface area (Å²) in [7, 11) is 0. The van der Waals surface area contributed by atoms with Crippen molar-refractivity contribution in [3.63, 3.8) is 0 Å². The van der Waals surface area contributed by atoms with Crippen LogP contribution >= 0.6 is 0 Å². The van der Waals surface area contributed by atoms with E-state index in [2.05, 4.69) is 0 Å². The molecule has 0 amide bonds. The van der Waals surface area contributed by atoms with Gasteiger partial charge < -0.3 is 20.7 Å². The largest absolute Gasteiger partial charge is 0.396 e. The molecule has 0 spiro atoms. The third kappa shape index (κ3) is 7.74. The van der Waals surface area contributed by atoms with Crippen molar-refractivity contribution in [2.45, 2.75) is 26.6 Å². The first-order valence-corrected chi connectivity index (χ1v) is 3.69. The van der Waals surface area contributed by atoms with Gasteiger partial charge in [-0.2, -0.15) is 0 Å². The van der Waals surface area contributed by atoms with Crippen LogP contribution in [0.1, 0.15) is 20.3 Å². The molecule has 0 aliphatic heterocycles. The highest BCUT2D eigenvalue weighted by Crippen LogP contribution is 1.98. The molecule has 0 aliphatic rings. The van der Waals surface area contributed by atoms with Gasteiger partial charge in [0.1, 0.15) is 0 Å². The molecule has 0 heterocycles. The number of hydrogen-bond donors (Lipinski definition) is 2. The molecular weight excluding hydrogens is 146 g/mol. The monoisotopic (exact) mass is 165 g/mol. The predicted molar refractivity (Wildman–Crippen MR) is 43.8 cm³/mol. The van der Waals surface area contributed by atoms with Crippen molar-refractivity contribution in [1.82, 2.24) is 6.15 Å². The van der Waals surface area contributed by atoms with Gasteiger partial charge in [0.25, 0.3) is 0 Å². The molecule has 4 heteroatoms. The van der Waals surface area contributed by atoms with Crippen molar-refractivity contribution in [2.24, 2.45) is 0 Å². The lowest BCUT2D eigenvalue weighted by molar-refractivity contribution is -0.143. The molecule has 70 valence electrons. The van der Waals surface area contributed by atoms with Crippen LogP contribution in [0, 0.1) is 0 Å². The predicted octanol–water partition coefficient (Wildman–Crippen LogP) is 0.930. The molecular formula is C7H19NO3. The molecule has 0 saturated heterocycles. The molecule has 0 atom stereocenters. The summed E-state index contributed by atoms with van der Waals surface area (Å²) in [5.41, 5.74) is 0. The zero-order valence-electron chi connectivity index (χ0n) is 7.38. The van der Waals surface area contributed by atoms with E-state index in [1.54, 1.807) is 0 Å². The van der Waals surface area contributed by atoms with Crippen molar-refractivity contribution in [3.05, 3.63) is 0 Å². The second-order valence-corrected chi connectivity index (χ2v) is 1.85. The molecule has 0 fully saturated rings. The summed E-state index contributed by atoms with van der Waals surface area (Å²) in [6.07, 6.45) is 0.335. The second kappa shape index (κ2) is 9.84. The van der Waals surface area contributed by atoms with Crippen LogP contribution < -0.4 is 6.15 Å². The van der Waals surface area contributed by atoms with Crippen molar-refractivity contribution in [1.29, 1.82) is 0 Å². The van der Waals surface area contributed by atoms with Crippen molar-refractivity contribution in [3.8, 4) is 0 Å². The van der Waals surface area contributed by atoms with Gasteiger partial charge in [-0.05, 0) is 13.8 Å². The molecule has 11 heavy (non-hydrogen) atoms. The highest BCUT2D eigenvalue weighted by molar-refractivity contribution is 4.41. The minimum absolute atomic E-state index is 0. The second-order valence-electron chi connectivity index (χ2n) is 1.85. The van der Waals surface area contributed by atoms with Crippen LogP contribution in [0.25, 0.3) is 0 Å². The number of rotatable bonds is 6. The van der Waals surface area contributed by atoms with Gasteiger partial charge in [-0.1, -0.05) is 0 Å². The third-order valence-corrected chi connectivity index (χ3v) is 1.07. The molecule has 4 nitrogen and oxygen atoms in total. The summed E-state index contributed by atoms with van der Waals surface area (Å²) in [6.45, 7) is 5.19. The van der Waals surface area contributed by atoms with Gasteiger partial charge in [-0.25, -0.2) is 0 Å². The van der Waals surface area contributed by atoms with Crippen molar-refractivity contribution >= 4 is 0 Å². The van der Waals surface area contributed by atoms with E-state index in [0.29, 0.717) is 19.6 Å². The first-order valence-electron chi connectivity index (χ1n) is 3.69. The van der Waals surface area contributed by atoms with Gasteiger partial charge in [0.2, 0.25) is 0 Å². The first-order chi connectivity index (χ1) is 4.85. The Morgan fingerprint density at radius 3 is 1.91 bits per heavy atom. The topological polar surface area (TPSA) is 73.7 Å². The molecule has 0 radical (unpaired) electrons.